The first kappa shape index (κ1) is 11.0. The van der Waals surface area contributed by atoms with Crippen LogP contribution < -0.4 is 0 Å². The summed E-state index contributed by atoms with van der Waals surface area (Å²) in [6.45, 7) is 6.23. The molecular weight excluding hydrogens is 202 g/mol. The molecule has 2 saturated heterocycles. The summed E-state index contributed by atoms with van der Waals surface area (Å²) in [5.74, 6) is 0.774. The fraction of sp³-hybridized carbons (Fsp3) is 1.00. The maximum atomic E-state index is 5.73. The lowest BCUT2D eigenvalue weighted by molar-refractivity contribution is -0.0719. The molecule has 2 heterocycles. The van der Waals surface area contributed by atoms with Crippen LogP contribution in [0, 0.1) is 5.92 Å². The maximum absolute atomic E-state index is 5.73. The van der Waals surface area contributed by atoms with Crippen LogP contribution in [0.5, 0.6) is 0 Å². The summed E-state index contributed by atoms with van der Waals surface area (Å²) >= 11 is 0. The van der Waals surface area contributed by atoms with Crippen molar-refractivity contribution in [3.8, 4) is 0 Å². The Morgan fingerprint density at radius 1 is 1.12 bits per heavy atom. The Hall–Kier alpha value is -0.120. The number of ether oxygens (including phenoxy) is 2. The molecule has 0 bridgehead atoms. The first-order valence-electron chi connectivity index (χ1n) is 6.80. The van der Waals surface area contributed by atoms with E-state index in [9.17, 15) is 0 Å². The van der Waals surface area contributed by atoms with E-state index in [1.54, 1.807) is 0 Å². The van der Waals surface area contributed by atoms with Crippen molar-refractivity contribution in [3.05, 3.63) is 0 Å². The van der Waals surface area contributed by atoms with E-state index in [4.69, 9.17) is 9.47 Å². The average Bonchev–Trinajstić information content (AvgIpc) is 2.94. The zero-order valence-corrected chi connectivity index (χ0v) is 10.1. The third-order valence-corrected chi connectivity index (χ3v) is 4.58. The fourth-order valence-corrected chi connectivity index (χ4v) is 3.58. The summed E-state index contributed by atoms with van der Waals surface area (Å²) in [7, 11) is 0. The molecule has 1 saturated carbocycles. The Morgan fingerprint density at radius 2 is 2.00 bits per heavy atom. The maximum Gasteiger partial charge on any atom is 0.0651 e. The summed E-state index contributed by atoms with van der Waals surface area (Å²) in [6.07, 6.45) is 6.73. The van der Waals surface area contributed by atoms with Crippen molar-refractivity contribution in [2.45, 2.75) is 37.6 Å². The molecule has 3 fully saturated rings. The Labute approximate surface area is 98.1 Å². The highest BCUT2D eigenvalue weighted by Crippen LogP contribution is 2.38. The fourth-order valence-electron chi connectivity index (χ4n) is 3.58. The van der Waals surface area contributed by atoms with Gasteiger partial charge in [-0.2, -0.15) is 0 Å². The van der Waals surface area contributed by atoms with Gasteiger partial charge in [0.05, 0.1) is 19.8 Å². The molecule has 0 radical (unpaired) electrons. The summed E-state index contributed by atoms with van der Waals surface area (Å²) in [5.41, 5.74) is 0.404. The molecule has 0 amide bonds. The minimum Gasteiger partial charge on any atom is -0.381 e. The Balaban J connectivity index is 1.65. The lowest BCUT2D eigenvalue weighted by Gasteiger charge is -2.45. The number of hydrogen-bond acceptors (Lipinski definition) is 3. The van der Waals surface area contributed by atoms with Gasteiger partial charge in [0.1, 0.15) is 0 Å². The average molecular weight is 225 g/mol. The van der Waals surface area contributed by atoms with Crippen LogP contribution in [0.15, 0.2) is 0 Å². The van der Waals surface area contributed by atoms with Crippen LogP contribution >= 0.6 is 0 Å². The van der Waals surface area contributed by atoms with E-state index in [1.807, 2.05) is 0 Å². The van der Waals surface area contributed by atoms with Gasteiger partial charge in [-0.25, -0.2) is 0 Å². The second kappa shape index (κ2) is 4.63. The van der Waals surface area contributed by atoms with Gasteiger partial charge < -0.3 is 9.47 Å². The van der Waals surface area contributed by atoms with Crippen LogP contribution in [0.25, 0.3) is 0 Å². The molecule has 3 aliphatic rings. The van der Waals surface area contributed by atoms with Gasteiger partial charge in [-0.3, -0.25) is 4.90 Å². The van der Waals surface area contributed by atoms with Crippen LogP contribution in [-0.4, -0.2) is 50.0 Å². The second-order valence-electron chi connectivity index (χ2n) is 5.66. The number of hydrogen-bond donors (Lipinski definition) is 0. The number of morpholine rings is 1. The Morgan fingerprint density at radius 3 is 2.75 bits per heavy atom. The summed E-state index contributed by atoms with van der Waals surface area (Å²) in [6, 6.07) is 0. The molecule has 3 rings (SSSR count). The van der Waals surface area contributed by atoms with Crippen molar-refractivity contribution < 1.29 is 9.47 Å². The van der Waals surface area contributed by atoms with Gasteiger partial charge in [0.25, 0.3) is 0 Å². The van der Waals surface area contributed by atoms with Gasteiger partial charge in [-0.1, -0.05) is 12.8 Å². The highest BCUT2D eigenvalue weighted by molar-refractivity contribution is 4.97. The molecule has 0 aromatic heterocycles. The molecular formula is C13H23NO2. The minimum atomic E-state index is 0.404. The van der Waals surface area contributed by atoms with E-state index in [-0.39, 0.29) is 0 Å². The third kappa shape index (κ3) is 2.01. The minimum absolute atomic E-state index is 0.404. The largest absolute Gasteiger partial charge is 0.381 e. The van der Waals surface area contributed by atoms with Crippen molar-refractivity contribution in [2.75, 3.05) is 39.5 Å². The third-order valence-electron chi connectivity index (χ3n) is 4.58. The van der Waals surface area contributed by atoms with Gasteiger partial charge in [-0.05, 0) is 25.2 Å². The van der Waals surface area contributed by atoms with E-state index < -0.39 is 0 Å². The molecule has 16 heavy (non-hydrogen) atoms. The molecule has 92 valence electrons. The van der Waals surface area contributed by atoms with Crippen molar-refractivity contribution in [1.29, 1.82) is 0 Å². The topological polar surface area (TPSA) is 21.7 Å². The van der Waals surface area contributed by atoms with Crippen molar-refractivity contribution in [2.24, 2.45) is 5.92 Å². The summed E-state index contributed by atoms with van der Waals surface area (Å²) in [4.78, 5) is 2.73. The molecule has 0 aromatic rings. The standard InChI is InChI=1S/C13H23NO2/c1-2-5-13(4-1)11-16-8-6-14(13)9-12-3-7-15-10-12/h12H,1-11H2/t12-/m1/s1. The van der Waals surface area contributed by atoms with Gasteiger partial charge in [0, 0.05) is 25.2 Å². The second-order valence-corrected chi connectivity index (χ2v) is 5.66. The number of rotatable bonds is 2. The highest BCUT2D eigenvalue weighted by Gasteiger charge is 2.42. The first-order valence-corrected chi connectivity index (χ1v) is 6.80. The SMILES string of the molecule is C1CCC2(C1)COCCN2C[C@H]1CCOC1. The molecule has 3 heteroatoms. The molecule has 2 aliphatic heterocycles. The molecule has 3 nitrogen and oxygen atoms in total. The van der Waals surface area contributed by atoms with Crippen LogP contribution in [0.1, 0.15) is 32.1 Å². The van der Waals surface area contributed by atoms with Gasteiger partial charge in [0.15, 0.2) is 0 Å². The van der Waals surface area contributed by atoms with Gasteiger partial charge >= 0.3 is 0 Å². The van der Waals surface area contributed by atoms with Crippen molar-refractivity contribution >= 4 is 0 Å². The van der Waals surface area contributed by atoms with Gasteiger partial charge in [0.2, 0.25) is 0 Å². The molecule has 0 unspecified atom stereocenters. The smallest absolute Gasteiger partial charge is 0.0651 e. The molecule has 1 aliphatic carbocycles. The normalized spacial score (nSPS) is 34.9. The van der Waals surface area contributed by atoms with Crippen molar-refractivity contribution in [3.63, 3.8) is 0 Å². The Bertz CT molecular complexity index is 232. The van der Waals surface area contributed by atoms with E-state index >= 15 is 0 Å². The lowest BCUT2D eigenvalue weighted by Crippen LogP contribution is -2.56. The van der Waals surface area contributed by atoms with E-state index in [0.29, 0.717) is 5.54 Å². The van der Waals surface area contributed by atoms with Crippen molar-refractivity contribution in [1.82, 2.24) is 4.90 Å². The zero-order chi connectivity index (χ0) is 10.8. The molecule has 0 aromatic carbocycles. The highest BCUT2D eigenvalue weighted by atomic mass is 16.5. The molecule has 0 N–H and O–H groups in total. The molecule has 1 atom stereocenters. The lowest BCUT2D eigenvalue weighted by atomic mass is 9.93. The summed E-state index contributed by atoms with van der Waals surface area (Å²) < 4.78 is 11.2. The first-order chi connectivity index (χ1) is 7.89. The monoisotopic (exact) mass is 225 g/mol. The quantitative estimate of drug-likeness (QED) is 0.713. The van der Waals surface area contributed by atoms with Gasteiger partial charge in [-0.15, -0.1) is 0 Å². The predicted molar refractivity (Wildman–Crippen MR) is 62.5 cm³/mol. The predicted octanol–water partition coefficient (Wildman–Crippen LogP) is 1.67. The van der Waals surface area contributed by atoms with Crippen LogP contribution in [0.4, 0.5) is 0 Å². The van der Waals surface area contributed by atoms with E-state index in [0.717, 1.165) is 38.9 Å². The number of nitrogens with zero attached hydrogens (tertiary/aromatic N) is 1. The summed E-state index contributed by atoms with van der Waals surface area (Å²) in [5, 5.41) is 0. The van der Waals surface area contributed by atoms with Crippen LogP contribution in [0.3, 0.4) is 0 Å². The van der Waals surface area contributed by atoms with E-state index in [2.05, 4.69) is 4.90 Å². The van der Waals surface area contributed by atoms with E-state index in [1.165, 1.54) is 38.6 Å². The Kier molecular flexibility index (Phi) is 3.18. The van der Waals surface area contributed by atoms with Crippen LogP contribution in [0.2, 0.25) is 0 Å². The zero-order valence-electron chi connectivity index (χ0n) is 10.1. The molecule has 1 spiro atoms. The van der Waals surface area contributed by atoms with Crippen LogP contribution in [-0.2, 0) is 9.47 Å².